The smallest absolute Gasteiger partial charge is 0.266 e. The minimum absolute atomic E-state index is 0.0852. The van der Waals surface area contributed by atoms with Gasteiger partial charge in [0.2, 0.25) is 0 Å². The van der Waals surface area contributed by atoms with Crippen molar-refractivity contribution in [1.82, 2.24) is 4.90 Å². The van der Waals surface area contributed by atoms with Crippen LogP contribution in [-0.2, 0) is 4.79 Å². The average molecular weight is 380 g/mol. The number of furan rings is 1. The van der Waals surface area contributed by atoms with Crippen molar-refractivity contribution in [3.05, 3.63) is 46.0 Å². The lowest BCUT2D eigenvalue weighted by molar-refractivity contribution is -0.121. The number of thioether (sulfide) groups is 1. The highest BCUT2D eigenvalue weighted by atomic mass is 35.5. The Labute approximate surface area is 154 Å². The van der Waals surface area contributed by atoms with Crippen LogP contribution in [0.4, 0.5) is 0 Å². The highest BCUT2D eigenvalue weighted by molar-refractivity contribution is 8.26. The van der Waals surface area contributed by atoms with E-state index < -0.39 is 0 Å². The number of benzene rings is 1. The zero-order chi connectivity index (χ0) is 17.3. The second kappa shape index (κ2) is 7.01. The van der Waals surface area contributed by atoms with Crippen molar-refractivity contribution in [1.29, 1.82) is 0 Å². The molecule has 0 radical (unpaired) electrons. The molecule has 0 spiro atoms. The number of carbonyl (C=O) groups excluding carboxylic acids is 1. The molecule has 7 heteroatoms. The number of rotatable bonds is 4. The molecule has 1 fully saturated rings. The predicted octanol–water partition coefficient (Wildman–Crippen LogP) is 4.83. The lowest BCUT2D eigenvalue weighted by Crippen LogP contribution is -2.27. The molecular weight excluding hydrogens is 366 g/mol. The number of ether oxygens (including phenoxy) is 1. The molecule has 0 unspecified atom stereocenters. The van der Waals surface area contributed by atoms with Gasteiger partial charge < -0.3 is 9.15 Å². The van der Waals surface area contributed by atoms with Gasteiger partial charge in [-0.1, -0.05) is 35.6 Å². The first-order valence-electron chi connectivity index (χ1n) is 7.22. The van der Waals surface area contributed by atoms with E-state index in [1.165, 1.54) is 11.8 Å². The first kappa shape index (κ1) is 17.1. The summed E-state index contributed by atoms with van der Waals surface area (Å²) in [7, 11) is 1.57. The first-order valence-corrected chi connectivity index (χ1v) is 8.83. The Morgan fingerprint density at radius 2 is 2.17 bits per heavy atom. The second-order valence-corrected chi connectivity index (χ2v) is 7.06. The number of carbonyl (C=O) groups is 1. The number of likely N-dealkylation sites (N-methyl/N-ethyl adjacent to an activating group) is 1. The van der Waals surface area contributed by atoms with Gasteiger partial charge in [0.05, 0.1) is 17.0 Å². The van der Waals surface area contributed by atoms with Crippen LogP contribution in [0.5, 0.6) is 5.75 Å². The molecule has 0 N–H and O–H groups in total. The van der Waals surface area contributed by atoms with Crippen LogP contribution in [0.25, 0.3) is 17.4 Å². The maximum absolute atomic E-state index is 12.2. The molecule has 1 aromatic heterocycles. The molecule has 1 saturated heterocycles. The van der Waals surface area contributed by atoms with E-state index in [2.05, 4.69) is 0 Å². The average Bonchev–Trinajstić information content (AvgIpc) is 3.13. The number of methoxy groups -OCH3 is 1. The van der Waals surface area contributed by atoms with Crippen molar-refractivity contribution >= 4 is 51.9 Å². The Morgan fingerprint density at radius 3 is 2.79 bits per heavy atom. The largest absolute Gasteiger partial charge is 0.495 e. The van der Waals surface area contributed by atoms with Gasteiger partial charge in [-0.05, 0) is 37.3 Å². The van der Waals surface area contributed by atoms with Gasteiger partial charge in [-0.25, -0.2) is 0 Å². The van der Waals surface area contributed by atoms with Crippen LogP contribution < -0.4 is 4.74 Å². The van der Waals surface area contributed by atoms with Crippen LogP contribution in [0.15, 0.2) is 39.7 Å². The minimum Gasteiger partial charge on any atom is -0.495 e. The van der Waals surface area contributed by atoms with Crippen LogP contribution in [0.1, 0.15) is 12.7 Å². The van der Waals surface area contributed by atoms with Crippen LogP contribution in [0.3, 0.4) is 0 Å². The summed E-state index contributed by atoms with van der Waals surface area (Å²) in [5, 5.41) is 0.511. The fourth-order valence-corrected chi connectivity index (χ4v) is 3.93. The molecule has 124 valence electrons. The number of amides is 1. The summed E-state index contributed by atoms with van der Waals surface area (Å²) in [6.07, 6.45) is 1.71. The molecule has 0 saturated carbocycles. The summed E-state index contributed by atoms with van der Waals surface area (Å²) in [5.41, 5.74) is 0.835. The molecule has 1 aromatic carbocycles. The van der Waals surface area contributed by atoms with Crippen LogP contribution in [-0.4, -0.2) is 28.8 Å². The molecule has 0 atom stereocenters. The van der Waals surface area contributed by atoms with Crippen LogP contribution in [0, 0.1) is 0 Å². The second-order valence-electron chi connectivity index (χ2n) is 4.98. The van der Waals surface area contributed by atoms with Crippen molar-refractivity contribution in [2.45, 2.75) is 6.92 Å². The first-order chi connectivity index (χ1) is 11.5. The summed E-state index contributed by atoms with van der Waals surface area (Å²) >= 11 is 12.6. The zero-order valence-corrected chi connectivity index (χ0v) is 15.4. The molecular formula is C17H14ClNO3S2. The monoisotopic (exact) mass is 379 g/mol. The van der Waals surface area contributed by atoms with Crippen molar-refractivity contribution in [3.63, 3.8) is 0 Å². The van der Waals surface area contributed by atoms with E-state index in [1.54, 1.807) is 30.2 Å². The zero-order valence-electron chi connectivity index (χ0n) is 13.0. The number of halogens is 1. The molecule has 2 aromatic rings. The number of thiocarbonyl (C=S) groups is 1. The Balaban J connectivity index is 1.86. The Morgan fingerprint density at radius 1 is 1.38 bits per heavy atom. The van der Waals surface area contributed by atoms with E-state index in [4.69, 9.17) is 33.0 Å². The topological polar surface area (TPSA) is 42.7 Å². The van der Waals surface area contributed by atoms with Gasteiger partial charge in [-0.3, -0.25) is 9.69 Å². The summed E-state index contributed by atoms with van der Waals surface area (Å²) < 4.78 is 11.5. The Hall–Kier alpha value is -1.76. The van der Waals surface area contributed by atoms with Crippen molar-refractivity contribution in [2.75, 3.05) is 13.7 Å². The molecule has 3 rings (SSSR count). The third kappa shape index (κ3) is 3.22. The highest BCUT2D eigenvalue weighted by Gasteiger charge is 2.30. The van der Waals surface area contributed by atoms with Gasteiger partial charge in [0.15, 0.2) is 0 Å². The van der Waals surface area contributed by atoms with E-state index in [9.17, 15) is 4.79 Å². The number of hydrogen-bond donors (Lipinski definition) is 0. The number of nitrogens with zero attached hydrogens (tertiary/aromatic N) is 1. The van der Waals surface area contributed by atoms with Crippen LogP contribution in [0.2, 0.25) is 5.02 Å². The van der Waals surface area contributed by atoms with E-state index in [-0.39, 0.29) is 5.91 Å². The molecule has 1 aliphatic rings. The normalized spacial score (nSPS) is 16.3. The number of hydrogen-bond acceptors (Lipinski definition) is 5. The summed E-state index contributed by atoms with van der Waals surface area (Å²) in [5.74, 6) is 1.78. The molecule has 4 nitrogen and oxygen atoms in total. The Bertz CT molecular complexity index is 844. The maximum Gasteiger partial charge on any atom is 0.266 e. The van der Waals surface area contributed by atoms with Gasteiger partial charge in [0, 0.05) is 18.2 Å². The van der Waals surface area contributed by atoms with Gasteiger partial charge in [-0.2, -0.15) is 0 Å². The predicted molar refractivity (Wildman–Crippen MR) is 101 cm³/mol. The van der Waals surface area contributed by atoms with Crippen molar-refractivity contribution in [3.8, 4) is 17.1 Å². The van der Waals surface area contributed by atoms with Gasteiger partial charge in [-0.15, -0.1) is 0 Å². The standard InChI is InChI=1S/C17H14ClNO3S2/c1-3-19-16(20)15(24-17(19)23)9-11-5-7-13(22-11)10-4-6-14(21-2)12(18)8-10/h4-9H,3H2,1-2H3/b15-9-. The van der Waals surface area contributed by atoms with E-state index in [1.807, 2.05) is 25.1 Å². The minimum atomic E-state index is -0.0852. The highest BCUT2D eigenvalue weighted by Crippen LogP contribution is 2.34. The van der Waals surface area contributed by atoms with Gasteiger partial charge in [0.25, 0.3) is 5.91 Å². The summed E-state index contributed by atoms with van der Waals surface area (Å²) in [4.78, 5) is 14.4. The van der Waals surface area contributed by atoms with Crippen LogP contribution >= 0.6 is 35.6 Å². The fraction of sp³-hybridized carbons (Fsp3) is 0.176. The SMILES string of the molecule is CCN1C(=O)/C(=C/c2ccc(-c3ccc(OC)c(Cl)c3)o2)SC1=S. The summed E-state index contributed by atoms with van der Waals surface area (Å²) in [6.45, 7) is 2.46. The maximum atomic E-state index is 12.2. The van der Waals surface area contributed by atoms with Crippen molar-refractivity contribution in [2.24, 2.45) is 0 Å². The lowest BCUT2D eigenvalue weighted by Gasteiger charge is -2.09. The van der Waals surface area contributed by atoms with Crippen molar-refractivity contribution < 1.29 is 13.9 Å². The molecule has 1 aliphatic heterocycles. The van der Waals surface area contributed by atoms with E-state index in [0.29, 0.717) is 38.1 Å². The van der Waals surface area contributed by atoms with Gasteiger partial charge in [0.1, 0.15) is 21.6 Å². The molecule has 24 heavy (non-hydrogen) atoms. The van der Waals surface area contributed by atoms with E-state index >= 15 is 0 Å². The third-order valence-corrected chi connectivity index (χ3v) is 5.20. The molecule has 2 heterocycles. The summed E-state index contributed by atoms with van der Waals surface area (Å²) in [6, 6.07) is 9.08. The molecule has 0 bridgehead atoms. The fourth-order valence-electron chi connectivity index (χ4n) is 2.31. The molecule has 0 aliphatic carbocycles. The third-order valence-electron chi connectivity index (χ3n) is 3.53. The van der Waals surface area contributed by atoms with Gasteiger partial charge >= 0.3 is 0 Å². The lowest BCUT2D eigenvalue weighted by atomic mass is 10.2. The molecule has 1 amide bonds. The quantitative estimate of drug-likeness (QED) is 0.562. The Kier molecular flexibility index (Phi) is 4.99. The van der Waals surface area contributed by atoms with E-state index in [0.717, 1.165) is 5.56 Å².